The standard InChI is InChI=1S/C9H9FN2O/c10-12-8(6-13)4-3-7-2-1-5-11-9(7)12/h1-2,5-6,8H,3-4H2. The van der Waals surface area contributed by atoms with Crippen molar-refractivity contribution in [1.29, 1.82) is 0 Å². The van der Waals surface area contributed by atoms with E-state index < -0.39 is 6.04 Å². The van der Waals surface area contributed by atoms with Gasteiger partial charge < -0.3 is 4.79 Å². The lowest BCUT2D eigenvalue weighted by Gasteiger charge is -2.26. The number of nitrogens with zero attached hydrogens (tertiary/aromatic N) is 2. The van der Waals surface area contributed by atoms with E-state index in [0.29, 0.717) is 24.2 Å². The minimum atomic E-state index is -0.664. The molecule has 0 spiro atoms. The summed E-state index contributed by atoms with van der Waals surface area (Å²) in [5, 5.41) is 0.450. The third-order valence-corrected chi connectivity index (χ3v) is 2.23. The van der Waals surface area contributed by atoms with Gasteiger partial charge in [-0.3, -0.25) is 0 Å². The van der Waals surface area contributed by atoms with Gasteiger partial charge in [-0.25, -0.2) is 4.98 Å². The van der Waals surface area contributed by atoms with Crippen LogP contribution in [0.25, 0.3) is 0 Å². The normalized spacial score (nSPS) is 21.0. The Hall–Kier alpha value is -1.45. The van der Waals surface area contributed by atoms with E-state index in [2.05, 4.69) is 4.98 Å². The second-order valence-corrected chi connectivity index (χ2v) is 3.04. The number of carbonyl (C=O) groups excluding carboxylic acids is 1. The van der Waals surface area contributed by atoms with Crippen LogP contribution in [0.2, 0.25) is 0 Å². The summed E-state index contributed by atoms with van der Waals surface area (Å²) < 4.78 is 13.4. The molecule has 0 fully saturated rings. The molecule has 1 aromatic rings. The minimum absolute atomic E-state index is 0.283. The Morgan fingerprint density at radius 3 is 3.31 bits per heavy atom. The van der Waals surface area contributed by atoms with Crippen molar-refractivity contribution in [2.75, 3.05) is 5.12 Å². The molecule has 13 heavy (non-hydrogen) atoms. The maximum Gasteiger partial charge on any atom is 0.161 e. The number of aldehydes is 1. The van der Waals surface area contributed by atoms with Crippen molar-refractivity contribution in [3.05, 3.63) is 23.9 Å². The van der Waals surface area contributed by atoms with Crippen LogP contribution < -0.4 is 5.12 Å². The lowest BCUT2D eigenvalue weighted by Crippen LogP contribution is -2.34. The summed E-state index contributed by atoms with van der Waals surface area (Å²) in [5.74, 6) is 0.283. The van der Waals surface area contributed by atoms with Gasteiger partial charge in [0.1, 0.15) is 12.3 Å². The molecule has 1 unspecified atom stereocenters. The van der Waals surface area contributed by atoms with Crippen LogP contribution in [0.4, 0.5) is 10.3 Å². The van der Waals surface area contributed by atoms with E-state index in [1.54, 1.807) is 6.07 Å². The van der Waals surface area contributed by atoms with Crippen molar-refractivity contribution in [3.8, 4) is 0 Å². The third-order valence-electron chi connectivity index (χ3n) is 2.23. The Morgan fingerprint density at radius 1 is 1.69 bits per heavy atom. The third kappa shape index (κ3) is 1.28. The van der Waals surface area contributed by atoms with Crippen LogP contribution in [-0.4, -0.2) is 17.3 Å². The zero-order valence-electron chi connectivity index (χ0n) is 6.98. The summed E-state index contributed by atoms with van der Waals surface area (Å²) in [6.07, 6.45) is 3.39. The van der Waals surface area contributed by atoms with Crippen LogP contribution in [0.15, 0.2) is 18.3 Å². The minimum Gasteiger partial charge on any atom is -0.301 e. The summed E-state index contributed by atoms with van der Waals surface area (Å²) in [7, 11) is 0. The fourth-order valence-electron chi connectivity index (χ4n) is 1.51. The molecule has 2 rings (SSSR count). The smallest absolute Gasteiger partial charge is 0.161 e. The number of pyridine rings is 1. The summed E-state index contributed by atoms with van der Waals surface area (Å²) in [4.78, 5) is 14.4. The molecule has 1 aromatic heterocycles. The monoisotopic (exact) mass is 180 g/mol. The van der Waals surface area contributed by atoms with Gasteiger partial charge in [0.25, 0.3) is 0 Å². The molecular weight excluding hydrogens is 171 g/mol. The topological polar surface area (TPSA) is 33.2 Å². The van der Waals surface area contributed by atoms with Crippen molar-refractivity contribution in [2.24, 2.45) is 0 Å². The SMILES string of the molecule is O=CC1CCc2cccnc2N1F. The molecule has 0 bridgehead atoms. The van der Waals surface area contributed by atoms with Gasteiger partial charge in [0, 0.05) is 6.20 Å². The number of aromatic nitrogens is 1. The van der Waals surface area contributed by atoms with Gasteiger partial charge in [-0.15, -0.1) is 0 Å². The number of carbonyl (C=O) groups is 1. The van der Waals surface area contributed by atoms with E-state index >= 15 is 0 Å². The average Bonchev–Trinajstić information content (AvgIpc) is 2.19. The zero-order valence-corrected chi connectivity index (χ0v) is 6.98. The highest BCUT2D eigenvalue weighted by Gasteiger charge is 2.26. The summed E-state index contributed by atoms with van der Waals surface area (Å²) in [5.41, 5.74) is 0.864. The molecule has 2 heterocycles. The van der Waals surface area contributed by atoms with Crippen molar-refractivity contribution in [3.63, 3.8) is 0 Å². The molecular formula is C9H9FN2O. The van der Waals surface area contributed by atoms with E-state index in [-0.39, 0.29) is 5.82 Å². The highest BCUT2D eigenvalue weighted by Crippen LogP contribution is 2.27. The molecule has 0 N–H and O–H groups in total. The molecule has 0 saturated heterocycles. The number of halogens is 1. The number of rotatable bonds is 1. The second kappa shape index (κ2) is 3.12. The van der Waals surface area contributed by atoms with Gasteiger partial charge in [-0.2, -0.15) is 5.12 Å². The molecule has 0 saturated carbocycles. The van der Waals surface area contributed by atoms with E-state index in [1.165, 1.54) is 6.20 Å². The van der Waals surface area contributed by atoms with Crippen molar-refractivity contribution < 1.29 is 9.28 Å². The largest absolute Gasteiger partial charge is 0.301 e. The van der Waals surface area contributed by atoms with E-state index in [9.17, 15) is 9.28 Å². The first kappa shape index (κ1) is 8.16. The fourth-order valence-corrected chi connectivity index (χ4v) is 1.51. The van der Waals surface area contributed by atoms with Gasteiger partial charge in [-0.05, 0) is 24.5 Å². The molecule has 1 aliphatic rings. The lowest BCUT2D eigenvalue weighted by atomic mass is 10.0. The summed E-state index contributed by atoms with van der Waals surface area (Å²) >= 11 is 0. The molecule has 0 aromatic carbocycles. The Morgan fingerprint density at radius 2 is 2.54 bits per heavy atom. The Labute approximate surface area is 75.1 Å². The van der Waals surface area contributed by atoms with Crippen LogP contribution >= 0.6 is 0 Å². The molecule has 1 aliphatic heterocycles. The van der Waals surface area contributed by atoms with Crippen LogP contribution in [0.1, 0.15) is 12.0 Å². The van der Waals surface area contributed by atoms with E-state index in [1.807, 2.05) is 6.07 Å². The van der Waals surface area contributed by atoms with Gasteiger partial charge in [-0.1, -0.05) is 10.5 Å². The van der Waals surface area contributed by atoms with Gasteiger partial charge >= 0.3 is 0 Å². The first-order valence-corrected chi connectivity index (χ1v) is 4.17. The fraction of sp³-hybridized carbons (Fsp3) is 0.333. The molecule has 3 nitrogen and oxygen atoms in total. The number of hydrogen-bond acceptors (Lipinski definition) is 3. The zero-order chi connectivity index (χ0) is 9.26. The molecule has 0 amide bonds. The number of fused-ring (bicyclic) bond motifs is 1. The van der Waals surface area contributed by atoms with Crippen molar-refractivity contribution in [2.45, 2.75) is 18.9 Å². The molecule has 0 aliphatic carbocycles. The predicted molar refractivity (Wildman–Crippen MR) is 46.0 cm³/mol. The molecule has 0 radical (unpaired) electrons. The maximum absolute atomic E-state index is 13.4. The number of anilines is 1. The van der Waals surface area contributed by atoms with Crippen LogP contribution in [0.3, 0.4) is 0 Å². The van der Waals surface area contributed by atoms with Crippen LogP contribution in [0.5, 0.6) is 0 Å². The predicted octanol–water partition coefficient (Wildman–Crippen LogP) is 1.29. The van der Waals surface area contributed by atoms with E-state index in [0.717, 1.165) is 5.56 Å². The Balaban J connectivity index is 2.38. The van der Waals surface area contributed by atoms with Gasteiger partial charge in [0.05, 0.1) is 0 Å². The molecule has 4 heteroatoms. The van der Waals surface area contributed by atoms with E-state index in [4.69, 9.17) is 0 Å². The highest BCUT2D eigenvalue weighted by atomic mass is 19.2. The van der Waals surface area contributed by atoms with Gasteiger partial charge in [0.15, 0.2) is 5.82 Å². The highest BCUT2D eigenvalue weighted by molar-refractivity contribution is 5.66. The lowest BCUT2D eigenvalue weighted by molar-refractivity contribution is -0.109. The van der Waals surface area contributed by atoms with Crippen molar-refractivity contribution in [1.82, 2.24) is 4.98 Å². The van der Waals surface area contributed by atoms with Gasteiger partial charge in [0.2, 0.25) is 0 Å². The summed E-state index contributed by atoms with van der Waals surface area (Å²) in [6.45, 7) is 0. The Kier molecular flexibility index (Phi) is 1.96. The number of hydrogen-bond donors (Lipinski definition) is 0. The first-order valence-electron chi connectivity index (χ1n) is 4.17. The molecule has 68 valence electrons. The average molecular weight is 180 g/mol. The number of aryl methyl sites for hydroxylation is 1. The van der Waals surface area contributed by atoms with Crippen LogP contribution in [0, 0.1) is 0 Å². The Bertz CT molecular complexity index is 329. The molecule has 1 atom stereocenters. The second-order valence-electron chi connectivity index (χ2n) is 3.04. The maximum atomic E-state index is 13.4. The summed E-state index contributed by atoms with van der Waals surface area (Å²) in [6, 6.07) is 2.94. The van der Waals surface area contributed by atoms with Crippen molar-refractivity contribution >= 4 is 12.1 Å². The van der Waals surface area contributed by atoms with Crippen LogP contribution in [-0.2, 0) is 11.2 Å². The first-order chi connectivity index (χ1) is 6.33. The quantitative estimate of drug-likeness (QED) is 0.482.